The Morgan fingerprint density at radius 3 is 2.05 bits per heavy atom. The van der Waals surface area contributed by atoms with Crippen molar-refractivity contribution in [3.63, 3.8) is 0 Å². The minimum Gasteiger partial charge on any atom is -0.495 e. The second-order valence-electron chi connectivity index (χ2n) is 3.69. The highest BCUT2D eigenvalue weighted by Crippen LogP contribution is 2.51. The zero-order valence-corrected chi connectivity index (χ0v) is 12.5. The van der Waals surface area contributed by atoms with E-state index in [4.69, 9.17) is 21.1 Å². The summed E-state index contributed by atoms with van der Waals surface area (Å²) in [6.45, 7) is 0. The third-order valence-electron chi connectivity index (χ3n) is 2.49. The maximum atomic E-state index is 13.3. The molecule has 9 heteroatoms. The van der Waals surface area contributed by atoms with Gasteiger partial charge in [-0.1, -0.05) is 0 Å². The molecule has 0 fully saturated rings. The Hall–Kier alpha value is -0.760. The van der Waals surface area contributed by atoms with Gasteiger partial charge < -0.3 is 9.47 Å². The van der Waals surface area contributed by atoms with Gasteiger partial charge in [-0.3, -0.25) is 0 Å². The van der Waals surface area contributed by atoms with Gasteiger partial charge in [-0.25, -0.2) is 0 Å². The summed E-state index contributed by atoms with van der Waals surface area (Å²) in [5.41, 5.74) is -0.496. The molecule has 1 atom stereocenters. The summed E-state index contributed by atoms with van der Waals surface area (Å²) < 4.78 is 73.4. The van der Waals surface area contributed by atoms with Crippen molar-refractivity contribution in [2.75, 3.05) is 14.2 Å². The van der Waals surface area contributed by atoms with Crippen LogP contribution in [0.5, 0.6) is 11.5 Å². The summed E-state index contributed by atoms with van der Waals surface area (Å²) >= 11 is 8.33. The van der Waals surface area contributed by atoms with Crippen LogP contribution in [0.2, 0.25) is 0 Å². The first-order chi connectivity index (χ1) is 9.07. The fourth-order valence-electron chi connectivity index (χ4n) is 1.46. The first kappa shape index (κ1) is 17.3. The van der Waals surface area contributed by atoms with Gasteiger partial charge in [-0.05, 0) is 28.1 Å². The van der Waals surface area contributed by atoms with Gasteiger partial charge in [0.15, 0.2) is 0 Å². The highest BCUT2D eigenvalue weighted by molar-refractivity contribution is 9.10. The average Bonchev–Trinajstić information content (AvgIpc) is 2.36. The molecular weight excluding hydrogens is 374 g/mol. The zero-order chi connectivity index (χ0) is 15.7. The number of halogens is 7. The largest absolute Gasteiger partial charge is 0.495 e. The van der Waals surface area contributed by atoms with E-state index in [9.17, 15) is 22.0 Å². The number of benzene rings is 1. The topological polar surface area (TPSA) is 18.5 Å². The third kappa shape index (κ3) is 2.95. The predicted octanol–water partition coefficient (Wildman–Crippen LogP) is 4.94. The summed E-state index contributed by atoms with van der Waals surface area (Å²) in [7, 11) is 2.43. The molecule has 0 saturated carbocycles. The van der Waals surface area contributed by atoms with Crippen molar-refractivity contribution in [1.82, 2.24) is 0 Å². The molecule has 0 aliphatic carbocycles. The van der Waals surface area contributed by atoms with E-state index in [1.807, 2.05) is 0 Å². The summed E-state index contributed by atoms with van der Waals surface area (Å²) in [6.07, 6.45) is -5.77. The minimum absolute atomic E-state index is 0.101. The molecule has 20 heavy (non-hydrogen) atoms. The number of alkyl halides is 6. The Morgan fingerprint density at radius 2 is 1.65 bits per heavy atom. The van der Waals surface area contributed by atoms with E-state index < -0.39 is 23.0 Å². The van der Waals surface area contributed by atoms with Crippen molar-refractivity contribution >= 4 is 27.5 Å². The van der Waals surface area contributed by atoms with Gasteiger partial charge in [-0.15, -0.1) is 11.6 Å². The van der Waals surface area contributed by atoms with E-state index in [0.717, 1.165) is 13.2 Å². The van der Waals surface area contributed by atoms with Crippen LogP contribution < -0.4 is 9.47 Å². The van der Waals surface area contributed by atoms with Gasteiger partial charge in [-0.2, -0.15) is 22.0 Å². The number of hydrogen-bond acceptors (Lipinski definition) is 2. The van der Waals surface area contributed by atoms with E-state index >= 15 is 0 Å². The molecule has 2 nitrogen and oxygen atoms in total. The lowest BCUT2D eigenvalue weighted by molar-refractivity contribution is -0.283. The molecule has 0 spiro atoms. The maximum absolute atomic E-state index is 13.3. The zero-order valence-electron chi connectivity index (χ0n) is 10.2. The van der Waals surface area contributed by atoms with E-state index in [2.05, 4.69) is 15.9 Å². The molecule has 1 aromatic rings. The molecule has 0 radical (unpaired) electrons. The highest BCUT2D eigenvalue weighted by atomic mass is 79.9. The summed E-state index contributed by atoms with van der Waals surface area (Å²) in [4.78, 5) is 0. The Morgan fingerprint density at radius 1 is 1.10 bits per heavy atom. The third-order valence-corrected chi connectivity index (χ3v) is 3.75. The first-order valence-electron chi connectivity index (χ1n) is 5.06. The second kappa shape index (κ2) is 5.93. The first-order valence-corrected chi connectivity index (χ1v) is 6.29. The van der Waals surface area contributed by atoms with Crippen molar-refractivity contribution < 1.29 is 31.4 Å². The molecule has 0 saturated heterocycles. The molecule has 1 rings (SSSR count). The van der Waals surface area contributed by atoms with E-state index in [-0.39, 0.29) is 16.0 Å². The summed E-state index contributed by atoms with van der Waals surface area (Å²) in [5, 5.41) is -2.63. The van der Waals surface area contributed by atoms with E-state index in [1.165, 1.54) is 13.2 Å². The number of ether oxygens (including phenoxy) is 2. The van der Waals surface area contributed by atoms with E-state index in [1.54, 1.807) is 0 Å². The lowest BCUT2D eigenvalue weighted by Crippen LogP contribution is -2.40. The molecule has 0 aromatic heterocycles. The SMILES string of the molecule is COc1ccc(C(Cl)C(F)(F)C(F)(F)F)c(OC)c1Br. The van der Waals surface area contributed by atoms with Gasteiger partial charge >= 0.3 is 12.1 Å². The molecule has 0 heterocycles. The van der Waals surface area contributed by atoms with Crippen LogP contribution in [0.3, 0.4) is 0 Å². The van der Waals surface area contributed by atoms with Crippen molar-refractivity contribution in [2.45, 2.75) is 17.5 Å². The summed E-state index contributed by atoms with van der Waals surface area (Å²) in [6, 6.07) is 2.21. The number of hydrogen-bond donors (Lipinski definition) is 0. The van der Waals surface area contributed by atoms with Gasteiger partial charge in [0.1, 0.15) is 21.3 Å². The Bertz CT molecular complexity index is 492. The monoisotopic (exact) mass is 382 g/mol. The second-order valence-corrected chi connectivity index (χ2v) is 4.92. The average molecular weight is 384 g/mol. The van der Waals surface area contributed by atoms with Gasteiger partial charge in [0.05, 0.1) is 14.2 Å². The molecule has 0 aliphatic heterocycles. The smallest absolute Gasteiger partial charge is 0.455 e. The Kier molecular flexibility index (Phi) is 5.13. The predicted molar refractivity (Wildman–Crippen MR) is 66.8 cm³/mol. The molecule has 0 aliphatic rings. The van der Waals surface area contributed by atoms with Crippen molar-refractivity contribution in [3.05, 3.63) is 22.2 Å². The quantitative estimate of drug-likeness (QED) is 0.541. The van der Waals surface area contributed by atoms with Crippen molar-refractivity contribution in [1.29, 1.82) is 0 Å². The Labute approximate surface area is 124 Å². The number of methoxy groups -OCH3 is 2. The van der Waals surface area contributed by atoms with Crippen LogP contribution in [0.25, 0.3) is 0 Å². The van der Waals surface area contributed by atoms with Crippen LogP contribution in [-0.2, 0) is 0 Å². The molecule has 1 aromatic carbocycles. The molecule has 114 valence electrons. The fraction of sp³-hybridized carbons (Fsp3) is 0.455. The van der Waals surface area contributed by atoms with Gasteiger partial charge in [0.25, 0.3) is 0 Å². The van der Waals surface area contributed by atoms with Crippen LogP contribution in [-0.4, -0.2) is 26.3 Å². The standard InChI is InChI=1S/C11H9BrClF5O2/c1-19-6-4-3-5(8(20-2)7(6)12)9(13)10(14,15)11(16,17)18/h3-4,9H,1-2H3. The lowest BCUT2D eigenvalue weighted by atomic mass is 10.0. The normalized spacial score (nSPS) is 14.1. The van der Waals surface area contributed by atoms with Crippen LogP contribution in [0, 0.1) is 0 Å². The van der Waals surface area contributed by atoms with Gasteiger partial charge in [0, 0.05) is 5.56 Å². The molecule has 0 N–H and O–H groups in total. The highest BCUT2D eigenvalue weighted by Gasteiger charge is 2.63. The molecular formula is C11H9BrClF5O2. The van der Waals surface area contributed by atoms with Gasteiger partial charge in [0.2, 0.25) is 0 Å². The van der Waals surface area contributed by atoms with E-state index in [0.29, 0.717) is 0 Å². The van der Waals surface area contributed by atoms with Crippen LogP contribution in [0.4, 0.5) is 22.0 Å². The van der Waals surface area contributed by atoms with Crippen LogP contribution in [0.1, 0.15) is 10.9 Å². The Balaban J connectivity index is 3.37. The van der Waals surface area contributed by atoms with Crippen LogP contribution >= 0.6 is 27.5 Å². The molecule has 0 bridgehead atoms. The van der Waals surface area contributed by atoms with Crippen LogP contribution in [0.15, 0.2) is 16.6 Å². The molecule has 0 amide bonds. The van der Waals surface area contributed by atoms with Crippen molar-refractivity contribution in [2.24, 2.45) is 0 Å². The fourth-order valence-corrected chi connectivity index (χ4v) is 2.44. The minimum atomic E-state index is -5.77. The lowest BCUT2D eigenvalue weighted by Gasteiger charge is -2.26. The summed E-state index contributed by atoms with van der Waals surface area (Å²) in [5.74, 6) is -5.13. The molecule has 1 unspecified atom stereocenters. The maximum Gasteiger partial charge on any atom is 0.455 e. The number of rotatable bonds is 4. The van der Waals surface area contributed by atoms with Crippen molar-refractivity contribution in [3.8, 4) is 11.5 Å².